The van der Waals surface area contributed by atoms with E-state index in [0.29, 0.717) is 47.0 Å². The van der Waals surface area contributed by atoms with Gasteiger partial charge in [-0.2, -0.15) is 4.31 Å². The number of rotatable bonds is 6. The molecule has 0 unspecified atom stereocenters. The van der Waals surface area contributed by atoms with Crippen molar-refractivity contribution in [1.29, 1.82) is 0 Å². The quantitative estimate of drug-likeness (QED) is 0.390. The van der Waals surface area contributed by atoms with Gasteiger partial charge < -0.3 is 10.3 Å². The van der Waals surface area contributed by atoms with Gasteiger partial charge in [0.2, 0.25) is 10.0 Å². The van der Waals surface area contributed by atoms with Gasteiger partial charge in [0.25, 0.3) is 0 Å². The fraction of sp³-hybridized carbons (Fsp3) is 0.261. The van der Waals surface area contributed by atoms with Gasteiger partial charge in [-0.05, 0) is 49.1 Å². The lowest BCUT2D eigenvalue weighted by molar-refractivity contribution is 0.275. The molecule has 0 saturated carbocycles. The first-order chi connectivity index (χ1) is 16.8. The summed E-state index contributed by atoms with van der Waals surface area (Å²) in [6.07, 6.45) is 5.73. The van der Waals surface area contributed by atoms with Crippen LogP contribution in [0, 0.1) is 17.6 Å². The molecule has 4 aromatic rings. The molecule has 1 aliphatic heterocycles. The van der Waals surface area contributed by atoms with Crippen LogP contribution in [0.25, 0.3) is 22.4 Å². The highest BCUT2D eigenvalue weighted by molar-refractivity contribution is 7.89. The third-order valence-corrected chi connectivity index (χ3v) is 8.06. The first-order valence-corrected chi connectivity index (χ1v) is 12.8. The summed E-state index contributed by atoms with van der Waals surface area (Å²) in [5.41, 5.74) is 1.24. The van der Waals surface area contributed by atoms with Crippen molar-refractivity contribution in [3.8, 4) is 11.4 Å². The lowest BCUT2D eigenvalue weighted by Gasteiger charge is -2.32. The molecule has 1 saturated heterocycles. The number of benzene rings is 1. The van der Waals surface area contributed by atoms with Gasteiger partial charge in [0.1, 0.15) is 11.5 Å². The molecule has 0 amide bonds. The van der Waals surface area contributed by atoms with Gasteiger partial charge in [-0.3, -0.25) is 0 Å². The van der Waals surface area contributed by atoms with E-state index in [9.17, 15) is 17.2 Å². The second-order valence-corrected chi connectivity index (χ2v) is 10.7. The van der Waals surface area contributed by atoms with Gasteiger partial charge in [-0.15, -0.1) is 0 Å². The molecule has 1 aliphatic rings. The molecule has 1 aromatic carbocycles. The van der Waals surface area contributed by atoms with Crippen LogP contribution in [0.15, 0.2) is 53.8 Å². The van der Waals surface area contributed by atoms with Crippen LogP contribution in [-0.4, -0.2) is 52.3 Å². The Bertz CT molecular complexity index is 1480. The van der Waals surface area contributed by atoms with E-state index in [1.807, 2.05) is 0 Å². The van der Waals surface area contributed by atoms with Crippen LogP contribution < -0.4 is 5.32 Å². The molecule has 1 fully saturated rings. The number of aromatic amines is 1. The minimum absolute atomic E-state index is 0.0258. The van der Waals surface area contributed by atoms with Crippen LogP contribution in [0.1, 0.15) is 12.8 Å². The van der Waals surface area contributed by atoms with E-state index in [2.05, 4.69) is 25.3 Å². The number of aromatic nitrogens is 4. The summed E-state index contributed by atoms with van der Waals surface area (Å²) in [6.45, 7) is 0.961. The first-order valence-electron chi connectivity index (χ1n) is 11.0. The summed E-state index contributed by atoms with van der Waals surface area (Å²) in [5.74, 6) is -0.849. The topological polar surface area (TPSA) is 104 Å². The number of nitrogens with zero attached hydrogens (tertiary/aromatic N) is 4. The van der Waals surface area contributed by atoms with Gasteiger partial charge >= 0.3 is 0 Å². The molecule has 4 heterocycles. The van der Waals surface area contributed by atoms with Crippen LogP contribution >= 0.6 is 11.6 Å². The van der Waals surface area contributed by atoms with E-state index in [1.54, 1.807) is 12.3 Å². The number of anilines is 1. The lowest BCUT2D eigenvalue weighted by Crippen LogP contribution is -2.41. The maximum Gasteiger partial charge on any atom is 0.243 e. The molecule has 0 spiro atoms. The van der Waals surface area contributed by atoms with Gasteiger partial charge in [0.15, 0.2) is 17.5 Å². The number of fused-ring (bicyclic) bond motifs is 1. The number of hydrogen-bond acceptors (Lipinski definition) is 6. The Morgan fingerprint density at radius 2 is 1.97 bits per heavy atom. The Balaban J connectivity index is 1.31. The zero-order chi connectivity index (χ0) is 24.6. The monoisotopic (exact) mass is 518 g/mol. The fourth-order valence-corrected chi connectivity index (χ4v) is 5.90. The van der Waals surface area contributed by atoms with Crippen LogP contribution in [0.2, 0.25) is 5.02 Å². The molecule has 8 nitrogen and oxygen atoms in total. The van der Waals surface area contributed by atoms with Crippen molar-refractivity contribution in [3.05, 3.63) is 65.6 Å². The van der Waals surface area contributed by atoms with Gasteiger partial charge in [-0.25, -0.2) is 32.2 Å². The van der Waals surface area contributed by atoms with Gasteiger partial charge in [0, 0.05) is 43.0 Å². The van der Waals surface area contributed by atoms with Crippen LogP contribution in [0.3, 0.4) is 0 Å². The summed E-state index contributed by atoms with van der Waals surface area (Å²) in [7, 11) is -3.74. The molecule has 0 radical (unpaired) electrons. The Hall–Kier alpha value is -3.15. The predicted octanol–water partition coefficient (Wildman–Crippen LogP) is 4.46. The van der Waals surface area contributed by atoms with E-state index < -0.39 is 21.7 Å². The minimum Gasteiger partial charge on any atom is -0.367 e. The predicted molar refractivity (Wildman–Crippen MR) is 128 cm³/mol. The van der Waals surface area contributed by atoms with E-state index in [-0.39, 0.29) is 23.2 Å². The molecule has 5 rings (SSSR count). The summed E-state index contributed by atoms with van der Waals surface area (Å²) in [6, 6.07) is 6.51. The maximum absolute atomic E-state index is 14.5. The van der Waals surface area contributed by atoms with Crippen molar-refractivity contribution in [2.24, 2.45) is 5.92 Å². The highest BCUT2D eigenvalue weighted by Crippen LogP contribution is 2.29. The largest absolute Gasteiger partial charge is 0.367 e. The van der Waals surface area contributed by atoms with Crippen molar-refractivity contribution < 1.29 is 17.2 Å². The third kappa shape index (κ3) is 4.84. The van der Waals surface area contributed by atoms with Crippen molar-refractivity contribution in [1.82, 2.24) is 24.2 Å². The Kier molecular flexibility index (Phi) is 6.39. The van der Waals surface area contributed by atoms with Crippen molar-refractivity contribution in [2.45, 2.75) is 17.7 Å². The molecular weight excluding hydrogens is 498 g/mol. The number of pyridine rings is 1. The molecule has 12 heteroatoms. The molecular formula is C23H21ClF2N6O2S. The van der Waals surface area contributed by atoms with Crippen LogP contribution in [0.4, 0.5) is 14.6 Å². The lowest BCUT2D eigenvalue weighted by atomic mass is 10.00. The SMILES string of the molecule is O=S(=O)(c1ccc(F)cc1)N1CCC[C@H](CNc2nc(-c3c[nH]c4ncc(Cl)cc34)ncc2F)C1. The number of sulfonamides is 1. The Morgan fingerprint density at radius 1 is 1.17 bits per heavy atom. The number of H-pyrrole nitrogens is 1. The summed E-state index contributed by atoms with van der Waals surface area (Å²) >= 11 is 6.06. The highest BCUT2D eigenvalue weighted by atomic mass is 35.5. The Labute approximate surface area is 205 Å². The normalized spacial score (nSPS) is 17.1. The van der Waals surface area contributed by atoms with Gasteiger partial charge in [-0.1, -0.05) is 11.6 Å². The second-order valence-electron chi connectivity index (χ2n) is 8.35. The highest BCUT2D eigenvalue weighted by Gasteiger charge is 2.30. The molecule has 182 valence electrons. The van der Waals surface area contributed by atoms with Crippen LogP contribution in [0.5, 0.6) is 0 Å². The molecule has 0 aliphatic carbocycles. The molecule has 3 aromatic heterocycles. The van der Waals surface area contributed by atoms with Crippen molar-refractivity contribution in [3.63, 3.8) is 0 Å². The molecule has 0 bridgehead atoms. The molecule has 2 N–H and O–H groups in total. The first kappa shape index (κ1) is 23.6. The average molecular weight is 519 g/mol. The van der Waals surface area contributed by atoms with Crippen molar-refractivity contribution in [2.75, 3.05) is 25.0 Å². The summed E-state index contributed by atoms with van der Waals surface area (Å²) in [4.78, 5) is 15.7. The van der Waals surface area contributed by atoms with E-state index in [4.69, 9.17) is 11.6 Å². The standard InChI is InChI=1S/C23H21ClF2N6O2S/c24-15-8-18-19(11-29-21(18)28-10-15)22-30-12-20(26)23(31-22)27-9-14-2-1-7-32(13-14)35(33,34)17-5-3-16(25)4-6-17/h3-6,8,10-12,14H,1-2,7,9,13H2,(H,28,29)(H,27,30,31)/t14-/m1/s1. The zero-order valence-corrected chi connectivity index (χ0v) is 20.0. The minimum atomic E-state index is -3.74. The van der Waals surface area contributed by atoms with Crippen molar-refractivity contribution >= 4 is 38.5 Å². The van der Waals surface area contributed by atoms with Gasteiger partial charge in [0.05, 0.1) is 16.1 Å². The summed E-state index contributed by atoms with van der Waals surface area (Å²) in [5, 5.41) is 4.18. The number of nitrogens with one attached hydrogen (secondary N) is 2. The number of piperidine rings is 1. The van der Waals surface area contributed by atoms with E-state index in [1.165, 1.54) is 22.6 Å². The van der Waals surface area contributed by atoms with E-state index in [0.717, 1.165) is 24.8 Å². The Morgan fingerprint density at radius 3 is 2.77 bits per heavy atom. The number of halogens is 3. The fourth-order valence-electron chi connectivity index (χ4n) is 4.19. The maximum atomic E-state index is 14.5. The number of hydrogen-bond donors (Lipinski definition) is 2. The second kappa shape index (κ2) is 9.48. The smallest absolute Gasteiger partial charge is 0.243 e. The average Bonchev–Trinajstić information content (AvgIpc) is 3.27. The summed E-state index contributed by atoms with van der Waals surface area (Å²) < 4.78 is 55.0. The zero-order valence-electron chi connectivity index (χ0n) is 18.4. The third-order valence-electron chi connectivity index (χ3n) is 5.97. The van der Waals surface area contributed by atoms with Crippen LogP contribution in [-0.2, 0) is 10.0 Å². The molecule has 1 atom stereocenters. The van der Waals surface area contributed by atoms with E-state index >= 15 is 0 Å². The molecule has 35 heavy (non-hydrogen) atoms.